The molecule has 15 heavy (non-hydrogen) atoms. The van der Waals surface area contributed by atoms with Crippen molar-refractivity contribution >= 4 is 5.91 Å². The third-order valence-electron chi connectivity index (χ3n) is 1.97. The highest BCUT2D eigenvalue weighted by Gasteiger charge is 2.04. The maximum absolute atomic E-state index is 11.3. The van der Waals surface area contributed by atoms with Crippen LogP contribution in [0, 0.1) is 0 Å². The highest BCUT2D eigenvalue weighted by atomic mass is 16.5. The van der Waals surface area contributed by atoms with Crippen molar-refractivity contribution in [3.05, 3.63) is 24.0 Å². The second-order valence-corrected chi connectivity index (χ2v) is 3.19. The summed E-state index contributed by atoms with van der Waals surface area (Å²) in [5.41, 5.74) is 0.520. The zero-order valence-corrected chi connectivity index (χ0v) is 9.12. The van der Waals surface area contributed by atoms with Crippen LogP contribution in [0.5, 0.6) is 5.75 Å². The zero-order chi connectivity index (χ0) is 11.1. The van der Waals surface area contributed by atoms with E-state index in [4.69, 9.17) is 4.74 Å². The van der Waals surface area contributed by atoms with Gasteiger partial charge in [0, 0.05) is 13.2 Å². The molecule has 1 aromatic heterocycles. The van der Waals surface area contributed by atoms with E-state index in [1.165, 1.54) is 6.20 Å². The van der Waals surface area contributed by atoms with Gasteiger partial charge in [-0.25, -0.2) is 0 Å². The van der Waals surface area contributed by atoms with Crippen LogP contribution in [0.2, 0.25) is 0 Å². The lowest BCUT2D eigenvalue weighted by atomic mass is 10.2. The maximum atomic E-state index is 11.3. The first-order valence-electron chi connectivity index (χ1n) is 5.08. The van der Waals surface area contributed by atoms with Crippen molar-refractivity contribution in [2.24, 2.45) is 0 Å². The summed E-state index contributed by atoms with van der Waals surface area (Å²) >= 11 is 0. The molecule has 0 saturated heterocycles. The molecule has 0 aliphatic rings. The molecule has 0 radical (unpaired) electrons. The molecule has 0 bridgehead atoms. The molecule has 0 saturated carbocycles. The number of carbonyl (C=O) groups is 1. The zero-order valence-electron chi connectivity index (χ0n) is 9.12. The first-order valence-corrected chi connectivity index (χ1v) is 5.08. The van der Waals surface area contributed by atoms with Crippen LogP contribution < -0.4 is 10.1 Å². The van der Waals surface area contributed by atoms with Crippen LogP contribution in [0.25, 0.3) is 0 Å². The average molecular weight is 208 g/mol. The van der Waals surface area contributed by atoms with Gasteiger partial charge in [0.2, 0.25) is 0 Å². The van der Waals surface area contributed by atoms with Crippen molar-refractivity contribution in [1.82, 2.24) is 10.3 Å². The van der Waals surface area contributed by atoms with Crippen molar-refractivity contribution in [2.75, 3.05) is 13.7 Å². The van der Waals surface area contributed by atoms with Crippen LogP contribution in [0.3, 0.4) is 0 Å². The van der Waals surface area contributed by atoms with E-state index in [-0.39, 0.29) is 5.91 Å². The van der Waals surface area contributed by atoms with Crippen LogP contribution in [0.1, 0.15) is 30.1 Å². The van der Waals surface area contributed by atoms with Crippen molar-refractivity contribution in [3.63, 3.8) is 0 Å². The molecule has 0 aliphatic carbocycles. The van der Waals surface area contributed by atoms with E-state index in [2.05, 4.69) is 17.2 Å². The van der Waals surface area contributed by atoms with Crippen LogP contribution in [-0.4, -0.2) is 24.5 Å². The van der Waals surface area contributed by atoms with Gasteiger partial charge in [0.05, 0.1) is 18.4 Å². The average Bonchev–Trinajstić information content (AvgIpc) is 2.29. The molecule has 4 heteroatoms. The van der Waals surface area contributed by atoms with E-state index in [9.17, 15) is 4.79 Å². The summed E-state index contributed by atoms with van der Waals surface area (Å²) in [6.45, 7) is 2.76. The van der Waals surface area contributed by atoms with E-state index in [0.29, 0.717) is 17.9 Å². The van der Waals surface area contributed by atoms with Gasteiger partial charge in [0.25, 0.3) is 5.91 Å². The molecule has 1 heterocycles. The van der Waals surface area contributed by atoms with Crippen molar-refractivity contribution in [2.45, 2.75) is 19.8 Å². The number of nitrogens with one attached hydrogen (secondary N) is 1. The number of aromatic nitrogens is 1. The summed E-state index contributed by atoms with van der Waals surface area (Å²) in [7, 11) is 1.59. The van der Waals surface area contributed by atoms with Gasteiger partial charge in [-0.15, -0.1) is 0 Å². The van der Waals surface area contributed by atoms with Gasteiger partial charge in [-0.2, -0.15) is 0 Å². The minimum absolute atomic E-state index is 0.150. The molecule has 0 aliphatic heterocycles. The van der Waals surface area contributed by atoms with Gasteiger partial charge >= 0.3 is 0 Å². The highest BCUT2D eigenvalue weighted by molar-refractivity contribution is 5.93. The Morgan fingerprint density at radius 1 is 1.53 bits per heavy atom. The van der Waals surface area contributed by atoms with Gasteiger partial charge in [0.15, 0.2) is 0 Å². The predicted octanol–water partition coefficient (Wildman–Crippen LogP) is 1.62. The number of pyridine rings is 1. The van der Waals surface area contributed by atoms with E-state index >= 15 is 0 Å². The van der Waals surface area contributed by atoms with Crippen LogP contribution in [0.4, 0.5) is 0 Å². The topological polar surface area (TPSA) is 51.2 Å². The monoisotopic (exact) mass is 208 g/mol. The molecule has 1 amide bonds. The fourth-order valence-corrected chi connectivity index (χ4v) is 1.10. The number of hydrogen-bond acceptors (Lipinski definition) is 3. The van der Waals surface area contributed by atoms with Gasteiger partial charge in [-0.05, 0) is 12.5 Å². The van der Waals surface area contributed by atoms with Gasteiger partial charge < -0.3 is 10.1 Å². The SMILES string of the molecule is CCCCOc1cncc(C(=O)NC)c1. The van der Waals surface area contributed by atoms with E-state index in [0.717, 1.165) is 12.8 Å². The largest absolute Gasteiger partial charge is 0.492 e. The summed E-state index contributed by atoms with van der Waals surface area (Å²) in [4.78, 5) is 15.2. The van der Waals surface area contributed by atoms with Crippen LogP contribution in [0.15, 0.2) is 18.5 Å². The number of nitrogens with zero attached hydrogens (tertiary/aromatic N) is 1. The Morgan fingerprint density at radius 2 is 2.33 bits per heavy atom. The lowest BCUT2D eigenvalue weighted by Gasteiger charge is -2.05. The predicted molar refractivity (Wildman–Crippen MR) is 58.0 cm³/mol. The van der Waals surface area contributed by atoms with E-state index < -0.39 is 0 Å². The molecule has 1 rings (SSSR count). The first kappa shape index (κ1) is 11.5. The quantitative estimate of drug-likeness (QED) is 0.748. The third kappa shape index (κ3) is 3.58. The molecule has 0 spiro atoms. The molecule has 4 nitrogen and oxygen atoms in total. The number of amides is 1. The Hall–Kier alpha value is -1.58. The van der Waals surface area contributed by atoms with Crippen molar-refractivity contribution in [1.29, 1.82) is 0 Å². The number of unbranched alkanes of at least 4 members (excludes halogenated alkanes) is 1. The fraction of sp³-hybridized carbons (Fsp3) is 0.455. The van der Waals surface area contributed by atoms with Gasteiger partial charge in [0.1, 0.15) is 5.75 Å². The molecule has 82 valence electrons. The molecule has 1 N–H and O–H groups in total. The molecular weight excluding hydrogens is 192 g/mol. The second-order valence-electron chi connectivity index (χ2n) is 3.19. The Labute approximate surface area is 89.7 Å². The summed E-state index contributed by atoms with van der Waals surface area (Å²) in [6.07, 6.45) is 5.22. The Bertz CT molecular complexity index is 326. The van der Waals surface area contributed by atoms with Gasteiger partial charge in [-0.3, -0.25) is 9.78 Å². The lowest BCUT2D eigenvalue weighted by Crippen LogP contribution is -2.18. The van der Waals surface area contributed by atoms with Crippen LogP contribution >= 0.6 is 0 Å². The van der Waals surface area contributed by atoms with E-state index in [1.54, 1.807) is 19.3 Å². The van der Waals surface area contributed by atoms with Gasteiger partial charge in [-0.1, -0.05) is 13.3 Å². The number of ether oxygens (including phenoxy) is 1. The molecule has 0 unspecified atom stereocenters. The second kappa shape index (κ2) is 6.01. The maximum Gasteiger partial charge on any atom is 0.252 e. The molecular formula is C11H16N2O2. The number of hydrogen-bond donors (Lipinski definition) is 1. The van der Waals surface area contributed by atoms with E-state index in [1.807, 2.05) is 0 Å². The Morgan fingerprint density at radius 3 is 3.00 bits per heavy atom. The Balaban J connectivity index is 2.62. The summed E-state index contributed by atoms with van der Waals surface area (Å²) < 4.78 is 5.44. The minimum Gasteiger partial charge on any atom is -0.492 e. The summed E-state index contributed by atoms with van der Waals surface area (Å²) in [5.74, 6) is 0.494. The third-order valence-corrected chi connectivity index (χ3v) is 1.97. The fourth-order valence-electron chi connectivity index (χ4n) is 1.10. The Kier molecular flexibility index (Phi) is 4.60. The molecule has 0 atom stereocenters. The standard InChI is InChI=1S/C11H16N2O2/c1-3-4-5-15-10-6-9(7-13-8-10)11(14)12-2/h6-8H,3-5H2,1-2H3,(H,12,14). The first-order chi connectivity index (χ1) is 7.27. The molecule has 0 aromatic carbocycles. The minimum atomic E-state index is -0.150. The van der Waals surface area contributed by atoms with Crippen molar-refractivity contribution < 1.29 is 9.53 Å². The normalized spacial score (nSPS) is 9.73. The summed E-state index contributed by atoms with van der Waals surface area (Å²) in [5, 5.41) is 2.54. The summed E-state index contributed by atoms with van der Waals surface area (Å²) in [6, 6.07) is 1.70. The van der Waals surface area contributed by atoms with Crippen LogP contribution in [-0.2, 0) is 0 Å². The smallest absolute Gasteiger partial charge is 0.252 e. The lowest BCUT2D eigenvalue weighted by molar-refractivity contribution is 0.0962. The highest BCUT2D eigenvalue weighted by Crippen LogP contribution is 2.11. The molecule has 1 aromatic rings. The number of carbonyl (C=O) groups excluding carboxylic acids is 1. The molecule has 0 fully saturated rings. The van der Waals surface area contributed by atoms with Crippen molar-refractivity contribution in [3.8, 4) is 5.75 Å². The number of rotatable bonds is 5.